The molecule has 0 amide bonds. The topological polar surface area (TPSA) is 85.8 Å². The van der Waals surface area contributed by atoms with Crippen molar-refractivity contribution >= 4 is 5.97 Å². The molecule has 20 heavy (non-hydrogen) atoms. The minimum absolute atomic E-state index is 0.0520. The van der Waals surface area contributed by atoms with E-state index in [1.807, 2.05) is 7.05 Å². The number of aryl methyl sites for hydroxylation is 2. The molecule has 108 valence electrons. The maximum atomic E-state index is 11.3. The van der Waals surface area contributed by atoms with Crippen molar-refractivity contribution in [2.24, 2.45) is 13.0 Å². The lowest BCUT2D eigenvalue weighted by Crippen LogP contribution is -2.08. The Balaban J connectivity index is 2.33. The highest BCUT2D eigenvalue weighted by Crippen LogP contribution is 2.21. The summed E-state index contributed by atoms with van der Waals surface area (Å²) in [6, 6.07) is 0. The van der Waals surface area contributed by atoms with Crippen LogP contribution in [0, 0.1) is 5.92 Å². The van der Waals surface area contributed by atoms with Crippen molar-refractivity contribution in [2.45, 2.75) is 33.2 Å². The van der Waals surface area contributed by atoms with E-state index in [2.05, 4.69) is 29.1 Å². The molecule has 0 fully saturated rings. The lowest BCUT2D eigenvalue weighted by molar-refractivity contribution is 0.0691. The van der Waals surface area contributed by atoms with E-state index in [9.17, 15) is 9.90 Å². The molecule has 7 nitrogen and oxygen atoms in total. The molecule has 2 aromatic heterocycles. The molecule has 0 aliphatic rings. The van der Waals surface area contributed by atoms with Gasteiger partial charge in [0, 0.05) is 26.0 Å². The zero-order chi connectivity index (χ0) is 14.7. The fourth-order valence-corrected chi connectivity index (χ4v) is 2.08. The van der Waals surface area contributed by atoms with Crippen LogP contribution in [0.4, 0.5) is 0 Å². The third-order valence-corrected chi connectivity index (χ3v) is 3.12. The molecule has 7 heteroatoms. The largest absolute Gasteiger partial charge is 0.476 e. The highest BCUT2D eigenvalue weighted by molar-refractivity contribution is 5.91. The molecule has 0 bridgehead atoms. The average molecular weight is 277 g/mol. The Morgan fingerprint density at radius 3 is 2.75 bits per heavy atom. The highest BCUT2D eigenvalue weighted by atomic mass is 16.4. The van der Waals surface area contributed by atoms with Crippen LogP contribution in [0.5, 0.6) is 0 Å². The molecule has 0 saturated heterocycles. The summed E-state index contributed by atoms with van der Waals surface area (Å²) in [5.41, 5.74) is 0.414. The van der Waals surface area contributed by atoms with Crippen molar-refractivity contribution in [1.82, 2.24) is 24.5 Å². The quantitative estimate of drug-likeness (QED) is 0.870. The Hall–Kier alpha value is -2.18. The Morgan fingerprint density at radius 1 is 1.45 bits per heavy atom. The lowest BCUT2D eigenvalue weighted by atomic mass is 10.1. The SMILES string of the molecule is CC(C)CCCn1nnc(C(=O)O)c1-c1nccn1C. The van der Waals surface area contributed by atoms with E-state index < -0.39 is 5.97 Å². The molecule has 0 aromatic carbocycles. The van der Waals surface area contributed by atoms with Crippen molar-refractivity contribution in [3.8, 4) is 11.5 Å². The molecule has 0 spiro atoms. The molecule has 2 aromatic rings. The smallest absolute Gasteiger partial charge is 0.358 e. The van der Waals surface area contributed by atoms with Gasteiger partial charge in [-0.05, 0) is 18.8 Å². The monoisotopic (exact) mass is 277 g/mol. The van der Waals surface area contributed by atoms with E-state index in [0.29, 0.717) is 24.0 Å². The molecule has 0 aliphatic heterocycles. The number of carbonyl (C=O) groups is 1. The number of carboxylic acid groups (broad SMARTS) is 1. The third kappa shape index (κ3) is 2.87. The lowest BCUT2D eigenvalue weighted by Gasteiger charge is -2.08. The molecule has 2 rings (SSSR count). The van der Waals surface area contributed by atoms with Gasteiger partial charge in [-0.3, -0.25) is 0 Å². The summed E-state index contributed by atoms with van der Waals surface area (Å²) in [5.74, 6) is 0.0872. The number of rotatable bonds is 6. The van der Waals surface area contributed by atoms with Crippen LogP contribution in [0.3, 0.4) is 0 Å². The minimum Gasteiger partial charge on any atom is -0.476 e. The van der Waals surface area contributed by atoms with Gasteiger partial charge < -0.3 is 9.67 Å². The van der Waals surface area contributed by atoms with Crippen LogP contribution in [-0.4, -0.2) is 35.6 Å². The van der Waals surface area contributed by atoms with Gasteiger partial charge in [-0.25, -0.2) is 14.5 Å². The van der Waals surface area contributed by atoms with E-state index in [4.69, 9.17) is 0 Å². The second kappa shape index (κ2) is 5.85. The summed E-state index contributed by atoms with van der Waals surface area (Å²) in [6.45, 7) is 4.95. The van der Waals surface area contributed by atoms with Crippen LogP contribution in [0.25, 0.3) is 11.5 Å². The first-order valence-corrected chi connectivity index (χ1v) is 6.65. The Labute approximate surface area is 117 Å². The number of aromatic carboxylic acids is 1. The number of nitrogens with zero attached hydrogens (tertiary/aromatic N) is 5. The van der Waals surface area contributed by atoms with E-state index in [-0.39, 0.29) is 5.69 Å². The summed E-state index contributed by atoms with van der Waals surface area (Å²) < 4.78 is 3.40. The van der Waals surface area contributed by atoms with E-state index >= 15 is 0 Å². The van der Waals surface area contributed by atoms with Crippen LogP contribution in [0.2, 0.25) is 0 Å². The van der Waals surface area contributed by atoms with Crippen LogP contribution in [-0.2, 0) is 13.6 Å². The second-order valence-corrected chi connectivity index (χ2v) is 5.21. The van der Waals surface area contributed by atoms with Gasteiger partial charge in [0.2, 0.25) is 5.69 Å². The summed E-state index contributed by atoms with van der Waals surface area (Å²) in [7, 11) is 1.82. The molecule has 0 saturated carbocycles. The Kier molecular flexibility index (Phi) is 4.16. The molecule has 0 atom stereocenters. The van der Waals surface area contributed by atoms with Crippen LogP contribution >= 0.6 is 0 Å². The maximum absolute atomic E-state index is 11.3. The van der Waals surface area contributed by atoms with Gasteiger partial charge in [0.1, 0.15) is 5.69 Å². The van der Waals surface area contributed by atoms with Gasteiger partial charge in [-0.1, -0.05) is 19.1 Å². The van der Waals surface area contributed by atoms with E-state index in [0.717, 1.165) is 12.8 Å². The summed E-state index contributed by atoms with van der Waals surface area (Å²) >= 11 is 0. The highest BCUT2D eigenvalue weighted by Gasteiger charge is 2.23. The van der Waals surface area contributed by atoms with Gasteiger partial charge in [-0.15, -0.1) is 5.10 Å². The van der Waals surface area contributed by atoms with Crippen molar-refractivity contribution < 1.29 is 9.90 Å². The fraction of sp³-hybridized carbons (Fsp3) is 0.538. The van der Waals surface area contributed by atoms with Gasteiger partial charge in [0.25, 0.3) is 0 Å². The molecular formula is C13H19N5O2. The van der Waals surface area contributed by atoms with Gasteiger partial charge >= 0.3 is 5.97 Å². The number of hydrogen-bond donors (Lipinski definition) is 1. The average Bonchev–Trinajstić information content (AvgIpc) is 2.94. The van der Waals surface area contributed by atoms with Crippen LogP contribution in [0.15, 0.2) is 12.4 Å². The fourth-order valence-electron chi connectivity index (χ4n) is 2.08. The molecule has 1 N–H and O–H groups in total. The van der Waals surface area contributed by atoms with Crippen LogP contribution < -0.4 is 0 Å². The summed E-state index contributed by atoms with van der Waals surface area (Å²) in [5, 5.41) is 17.0. The van der Waals surface area contributed by atoms with Crippen molar-refractivity contribution in [2.75, 3.05) is 0 Å². The molecule has 0 unspecified atom stereocenters. The number of aromatic nitrogens is 5. The minimum atomic E-state index is -1.09. The zero-order valence-electron chi connectivity index (χ0n) is 11.9. The maximum Gasteiger partial charge on any atom is 0.358 e. The Morgan fingerprint density at radius 2 is 2.20 bits per heavy atom. The second-order valence-electron chi connectivity index (χ2n) is 5.21. The van der Waals surface area contributed by atoms with Gasteiger partial charge in [0.15, 0.2) is 5.82 Å². The molecule has 2 heterocycles. The van der Waals surface area contributed by atoms with E-state index in [1.165, 1.54) is 0 Å². The number of hydrogen-bond acceptors (Lipinski definition) is 4. The zero-order valence-corrected chi connectivity index (χ0v) is 11.9. The van der Waals surface area contributed by atoms with Gasteiger partial charge in [-0.2, -0.15) is 0 Å². The van der Waals surface area contributed by atoms with Crippen molar-refractivity contribution in [3.05, 3.63) is 18.1 Å². The summed E-state index contributed by atoms with van der Waals surface area (Å²) in [6.07, 6.45) is 5.39. The first-order valence-electron chi connectivity index (χ1n) is 6.65. The molecule has 0 radical (unpaired) electrons. The Bertz CT molecular complexity index is 600. The van der Waals surface area contributed by atoms with Crippen LogP contribution in [0.1, 0.15) is 37.2 Å². The normalized spacial score (nSPS) is 11.2. The standard InChI is InChI=1S/C13H19N5O2/c1-9(2)5-4-7-18-11(10(13(19)20)15-16-18)12-14-6-8-17(12)3/h6,8-9H,4-5,7H2,1-3H3,(H,19,20). The molecule has 0 aliphatic carbocycles. The van der Waals surface area contributed by atoms with Gasteiger partial charge in [0.05, 0.1) is 0 Å². The van der Waals surface area contributed by atoms with Crippen molar-refractivity contribution in [3.63, 3.8) is 0 Å². The first-order chi connectivity index (χ1) is 9.50. The van der Waals surface area contributed by atoms with Crippen molar-refractivity contribution in [1.29, 1.82) is 0 Å². The first kappa shape index (κ1) is 14.2. The van der Waals surface area contributed by atoms with E-state index in [1.54, 1.807) is 21.6 Å². The number of carboxylic acids is 1. The predicted octanol–water partition coefficient (Wildman–Crippen LogP) is 1.81. The number of imidazole rings is 1. The third-order valence-electron chi connectivity index (χ3n) is 3.12. The summed E-state index contributed by atoms with van der Waals surface area (Å²) in [4.78, 5) is 15.5. The predicted molar refractivity (Wildman–Crippen MR) is 73.3 cm³/mol. The molecular weight excluding hydrogens is 258 g/mol.